The molecule has 1 fully saturated rings. The molecule has 1 heterocycles. The molecule has 0 atom stereocenters. The Morgan fingerprint density at radius 1 is 1.14 bits per heavy atom. The number of ether oxygens (including phenoxy) is 2. The molecular weight excluding hydrogens is 282 g/mol. The molecule has 21 heavy (non-hydrogen) atoms. The van der Waals surface area contributed by atoms with E-state index in [9.17, 15) is 0 Å². The zero-order chi connectivity index (χ0) is 14.5. The maximum Gasteiger partial charge on any atom is 0.131 e. The Bertz CT molecular complexity index is 560. The number of hydrogen-bond acceptors (Lipinski definition) is 4. The minimum absolute atomic E-state index is 0.530. The zero-order valence-corrected chi connectivity index (χ0v) is 13.2. The fourth-order valence-electron chi connectivity index (χ4n) is 2.03. The minimum Gasteiger partial charge on any atom is -0.493 e. The first-order valence-electron chi connectivity index (χ1n) is 7.62. The van der Waals surface area contributed by atoms with Crippen molar-refractivity contribution in [3.05, 3.63) is 40.3 Å². The number of hydrogen-bond donors (Lipinski definition) is 0. The second kappa shape index (κ2) is 6.94. The molecule has 0 radical (unpaired) electrons. The van der Waals surface area contributed by atoms with Gasteiger partial charge in [-0.05, 0) is 55.9 Å². The van der Waals surface area contributed by atoms with Crippen molar-refractivity contribution >= 4 is 11.3 Å². The van der Waals surface area contributed by atoms with Crippen molar-refractivity contribution in [1.82, 2.24) is 4.98 Å². The Morgan fingerprint density at radius 3 is 2.52 bits per heavy atom. The van der Waals surface area contributed by atoms with Crippen LogP contribution in [0, 0.1) is 5.92 Å². The summed E-state index contributed by atoms with van der Waals surface area (Å²) in [5.41, 5.74) is 1.01. The number of thiazole rings is 1. The standard InChI is InChI=1S/C17H21NO2S/c1-2-3-17-18-14(12-21-17)11-20-16-8-6-15(7-9-16)19-10-13-4-5-13/h6-9,12-13H,2-5,10-11H2,1H3. The predicted molar refractivity (Wildman–Crippen MR) is 85.1 cm³/mol. The van der Waals surface area contributed by atoms with Gasteiger partial charge in [-0.25, -0.2) is 4.98 Å². The molecule has 0 amide bonds. The summed E-state index contributed by atoms with van der Waals surface area (Å²) in [6, 6.07) is 7.87. The Balaban J connectivity index is 1.47. The van der Waals surface area contributed by atoms with Crippen molar-refractivity contribution in [2.75, 3.05) is 6.61 Å². The second-order valence-electron chi connectivity index (χ2n) is 5.50. The van der Waals surface area contributed by atoms with Crippen LogP contribution in [0.3, 0.4) is 0 Å². The Hall–Kier alpha value is -1.55. The molecular formula is C17H21NO2S. The van der Waals surface area contributed by atoms with E-state index in [1.54, 1.807) is 11.3 Å². The van der Waals surface area contributed by atoms with Crippen molar-refractivity contribution in [3.8, 4) is 11.5 Å². The van der Waals surface area contributed by atoms with Gasteiger partial charge in [0.15, 0.2) is 0 Å². The smallest absolute Gasteiger partial charge is 0.131 e. The molecule has 0 unspecified atom stereocenters. The van der Waals surface area contributed by atoms with Crippen LogP contribution in [0.5, 0.6) is 11.5 Å². The summed E-state index contributed by atoms with van der Waals surface area (Å²) in [6.45, 7) is 3.55. The zero-order valence-electron chi connectivity index (χ0n) is 12.4. The molecule has 1 aliphatic rings. The summed E-state index contributed by atoms with van der Waals surface area (Å²) >= 11 is 1.72. The SMILES string of the molecule is CCCc1nc(COc2ccc(OCC3CC3)cc2)cs1. The van der Waals surface area contributed by atoms with E-state index in [0.29, 0.717) is 6.61 Å². The van der Waals surface area contributed by atoms with Crippen molar-refractivity contribution < 1.29 is 9.47 Å². The first kappa shape index (κ1) is 14.4. The molecule has 1 saturated carbocycles. The van der Waals surface area contributed by atoms with Crippen LogP contribution in [0.2, 0.25) is 0 Å². The molecule has 2 aromatic rings. The summed E-state index contributed by atoms with van der Waals surface area (Å²) in [7, 11) is 0. The van der Waals surface area contributed by atoms with E-state index in [1.165, 1.54) is 17.8 Å². The van der Waals surface area contributed by atoms with Gasteiger partial charge in [0.25, 0.3) is 0 Å². The van der Waals surface area contributed by atoms with E-state index in [0.717, 1.165) is 42.6 Å². The van der Waals surface area contributed by atoms with Gasteiger partial charge in [-0.3, -0.25) is 0 Å². The Morgan fingerprint density at radius 2 is 1.86 bits per heavy atom. The monoisotopic (exact) mass is 303 g/mol. The molecule has 3 nitrogen and oxygen atoms in total. The quantitative estimate of drug-likeness (QED) is 0.721. The van der Waals surface area contributed by atoms with Gasteiger partial charge >= 0.3 is 0 Å². The highest BCUT2D eigenvalue weighted by Gasteiger charge is 2.21. The summed E-state index contributed by atoms with van der Waals surface area (Å²) in [5.74, 6) is 2.56. The van der Waals surface area contributed by atoms with Gasteiger partial charge in [0, 0.05) is 5.38 Å². The Kier molecular flexibility index (Phi) is 4.76. The molecule has 112 valence electrons. The van der Waals surface area contributed by atoms with Crippen LogP contribution in [0.15, 0.2) is 29.6 Å². The van der Waals surface area contributed by atoms with E-state index in [4.69, 9.17) is 9.47 Å². The topological polar surface area (TPSA) is 31.4 Å². The maximum atomic E-state index is 5.77. The number of nitrogens with zero attached hydrogens (tertiary/aromatic N) is 1. The molecule has 0 bridgehead atoms. The summed E-state index contributed by atoms with van der Waals surface area (Å²) in [5, 5.41) is 3.28. The lowest BCUT2D eigenvalue weighted by Gasteiger charge is -2.07. The van der Waals surface area contributed by atoms with Gasteiger partial charge in [-0.1, -0.05) is 6.92 Å². The van der Waals surface area contributed by atoms with Crippen LogP contribution in [-0.4, -0.2) is 11.6 Å². The third-order valence-corrected chi connectivity index (χ3v) is 4.41. The highest BCUT2D eigenvalue weighted by Crippen LogP contribution is 2.30. The fourth-order valence-corrected chi connectivity index (χ4v) is 2.92. The van der Waals surface area contributed by atoms with Gasteiger partial charge in [0.1, 0.15) is 18.1 Å². The van der Waals surface area contributed by atoms with Crippen molar-refractivity contribution in [2.45, 2.75) is 39.2 Å². The van der Waals surface area contributed by atoms with Crippen LogP contribution in [-0.2, 0) is 13.0 Å². The fraction of sp³-hybridized carbons (Fsp3) is 0.471. The van der Waals surface area contributed by atoms with E-state index < -0.39 is 0 Å². The highest BCUT2D eigenvalue weighted by atomic mass is 32.1. The lowest BCUT2D eigenvalue weighted by Crippen LogP contribution is -1.99. The average Bonchev–Trinajstić information content (AvgIpc) is 3.24. The van der Waals surface area contributed by atoms with E-state index >= 15 is 0 Å². The second-order valence-corrected chi connectivity index (χ2v) is 6.44. The third-order valence-electron chi connectivity index (χ3n) is 3.46. The first-order valence-corrected chi connectivity index (χ1v) is 8.50. The summed E-state index contributed by atoms with van der Waals surface area (Å²) in [6.07, 6.45) is 4.82. The molecule has 1 aromatic carbocycles. The molecule has 0 N–H and O–H groups in total. The summed E-state index contributed by atoms with van der Waals surface area (Å²) in [4.78, 5) is 4.56. The van der Waals surface area contributed by atoms with Crippen LogP contribution >= 0.6 is 11.3 Å². The Labute approximate surface area is 129 Å². The van der Waals surface area contributed by atoms with Gasteiger partial charge < -0.3 is 9.47 Å². The van der Waals surface area contributed by atoms with Crippen molar-refractivity contribution in [3.63, 3.8) is 0 Å². The van der Waals surface area contributed by atoms with E-state index in [-0.39, 0.29) is 0 Å². The van der Waals surface area contributed by atoms with Crippen molar-refractivity contribution in [2.24, 2.45) is 5.92 Å². The number of aromatic nitrogens is 1. The third kappa shape index (κ3) is 4.46. The molecule has 1 aromatic heterocycles. The first-order chi connectivity index (χ1) is 10.3. The average molecular weight is 303 g/mol. The van der Waals surface area contributed by atoms with Crippen LogP contribution in [0.1, 0.15) is 36.9 Å². The van der Waals surface area contributed by atoms with Crippen LogP contribution in [0.4, 0.5) is 0 Å². The minimum atomic E-state index is 0.530. The predicted octanol–water partition coefficient (Wildman–Crippen LogP) is 4.46. The van der Waals surface area contributed by atoms with E-state index in [1.807, 2.05) is 24.3 Å². The van der Waals surface area contributed by atoms with Crippen molar-refractivity contribution in [1.29, 1.82) is 0 Å². The van der Waals surface area contributed by atoms with E-state index in [2.05, 4.69) is 17.3 Å². The molecule has 0 saturated heterocycles. The molecule has 0 aliphatic heterocycles. The van der Waals surface area contributed by atoms with Gasteiger partial charge in [0.2, 0.25) is 0 Å². The van der Waals surface area contributed by atoms with Gasteiger partial charge in [0.05, 0.1) is 17.3 Å². The lowest BCUT2D eigenvalue weighted by atomic mass is 10.3. The van der Waals surface area contributed by atoms with Gasteiger partial charge in [-0.15, -0.1) is 11.3 Å². The maximum absolute atomic E-state index is 5.77. The number of aryl methyl sites for hydroxylation is 1. The largest absolute Gasteiger partial charge is 0.493 e. The highest BCUT2D eigenvalue weighted by molar-refractivity contribution is 7.09. The number of benzene rings is 1. The lowest BCUT2D eigenvalue weighted by molar-refractivity contribution is 0.292. The van der Waals surface area contributed by atoms with Gasteiger partial charge in [-0.2, -0.15) is 0 Å². The summed E-state index contributed by atoms with van der Waals surface area (Å²) < 4.78 is 11.5. The van der Waals surface area contributed by atoms with Crippen LogP contribution < -0.4 is 9.47 Å². The molecule has 0 spiro atoms. The molecule has 3 rings (SSSR count). The number of rotatable bonds is 8. The normalized spacial score (nSPS) is 14.1. The molecule has 4 heteroatoms. The molecule has 1 aliphatic carbocycles. The van der Waals surface area contributed by atoms with Crippen LogP contribution in [0.25, 0.3) is 0 Å².